The van der Waals surface area contributed by atoms with Crippen LogP contribution in [-0.2, 0) is 18.4 Å². The first-order valence-corrected chi connectivity index (χ1v) is 9.76. The largest absolute Gasteiger partial charge is 0.489 e. The Labute approximate surface area is 182 Å². The average molecular weight is 452 g/mol. The molecule has 0 bridgehead atoms. The van der Waals surface area contributed by atoms with Crippen molar-refractivity contribution < 1.29 is 22.7 Å². The van der Waals surface area contributed by atoms with Crippen LogP contribution >= 0.6 is 11.6 Å². The molecular weight excluding hydrogens is 431 g/mol. The van der Waals surface area contributed by atoms with E-state index in [1.807, 2.05) is 31.3 Å². The normalized spacial score (nSPS) is 11.5. The summed E-state index contributed by atoms with van der Waals surface area (Å²) in [4.78, 5) is 11.4. The number of benzene rings is 2. The zero-order valence-electron chi connectivity index (χ0n) is 17.4. The maximum atomic E-state index is 12.6. The van der Waals surface area contributed by atoms with Crippen LogP contribution < -0.4 is 10.1 Å². The predicted octanol–water partition coefficient (Wildman–Crippen LogP) is 5.75. The fraction of sp³-hybridized carbons (Fsp3) is 0.273. The lowest BCUT2D eigenvalue weighted by Gasteiger charge is -2.16. The van der Waals surface area contributed by atoms with Gasteiger partial charge in [0.1, 0.15) is 17.5 Å². The molecule has 0 saturated heterocycles. The van der Waals surface area contributed by atoms with Crippen molar-refractivity contribution in [3.8, 4) is 17.0 Å². The van der Waals surface area contributed by atoms with Crippen LogP contribution in [-0.4, -0.2) is 21.9 Å². The molecule has 1 N–H and O–H groups in total. The van der Waals surface area contributed by atoms with Gasteiger partial charge in [-0.1, -0.05) is 23.7 Å². The van der Waals surface area contributed by atoms with Crippen LogP contribution in [0.1, 0.15) is 22.3 Å². The van der Waals surface area contributed by atoms with Crippen molar-refractivity contribution in [2.45, 2.75) is 33.6 Å². The van der Waals surface area contributed by atoms with Gasteiger partial charge in [-0.05, 0) is 56.2 Å². The fourth-order valence-electron chi connectivity index (χ4n) is 3.20. The van der Waals surface area contributed by atoms with Crippen molar-refractivity contribution in [3.63, 3.8) is 0 Å². The standard InChI is InChI=1S/C22H21ClF3N3O2/c1-12-6-5-7-17(27-21(30)22(24,25)26)16(12)11-31-18-9-8-15(10-13(18)2)19-14(3)20(23)29(4)28-19/h5-10H,11H2,1-4H3,(H,27,30). The molecule has 2 aromatic carbocycles. The molecule has 1 heterocycles. The number of halogens is 4. The van der Waals surface area contributed by atoms with E-state index in [1.165, 1.54) is 6.07 Å². The van der Waals surface area contributed by atoms with Gasteiger partial charge in [0, 0.05) is 29.4 Å². The summed E-state index contributed by atoms with van der Waals surface area (Å²) >= 11 is 6.21. The smallest absolute Gasteiger partial charge is 0.471 e. The summed E-state index contributed by atoms with van der Waals surface area (Å²) in [5.41, 5.74) is 4.56. The molecule has 3 rings (SSSR count). The van der Waals surface area contributed by atoms with Crippen LogP contribution in [0.2, 0.25) is 5.15 Å². The molecule has 0 aliphatic carbocycles. The van der Waals surface area contributed by atoms with Gasteiger partial charge in [-0.3, -0.25) is 9.48 Å². The quantitative estimate of drug-likeness (QED) is 0.537. The minimum absolute atomic E-state index is 0.00519. The highest BCUT2D eigenvalue weighted by Crippen LogP contribution is 2.31. The zero-order valence-corrected chi connectivity index (χ0v) is 18.1. The van der Waals surface area contributed by atoms with Crippen molar-refractivity contribution in [2.75, 3.05) is 5.32 Å². The summed E-state index contributed by atoms with van der Waals surface area (Å²) in [5, 5.41) is 6.90. The molecule has 0 unspecified atom stereocenters. The second kappa shape index (κ2) is 8.63. The highest BCUT2D eigenvalue weighted by atomic mass is 35.5. The lowest BCUT2D eigenvalue weighted by molar-refractivity contribution is -0.167. The number of nitrogens with zero attached hydrogens (tertiary/aromatic N) is 2. The lowest BCUT2D eigenvalue weighted by Crippen LogP contribution is -2.30. The third-order valence-corrected chi connectivity index (χ3v) is 5.46. The average Bonchev–Trinajstić information content (AvgIpc) is 2.95. The molecule has 9 heteroatoms. The number of aryl methyl sites for hydroxylation is 3. The first-order chi connectivity index (χ1) is 14.5. The molecule has 31 heavy (non-hydrogen) atoms. The summed E-state index contributed by atoms with van der Waals surface area (Å²) in [5.74, 6) is -1.45. The number of ether oxygens (including phenoxy) is 1. The Morgan fingerprint density at radius 3 is 2.45 bits per heavy atom. The number of aromatic nitrogens is 2. The number of anilines is 1. The number of amides is 1. The summed E-state index contributed by atoms with van der Waals surface area (Å²) in [6, 6.07) is 10.3. The number of carbonyl (C=O) groups is 1. The molecule has 0 atom stereocenters. The molecule has 164 valence electrons. The van der Waals surface area contributed by atoms with E-state index in [4.69, 9.17) is 16.3 Å². The van der Waals surface area contributed by atoms with Crippen LogP contribution in [0.3, 0.4) is 0 Å². The maximum absolute atomic E-state index is 12.6. The molecule has 0 aliphatic heterocycles. The van der Waals surface area contributed by atoms with E-state index in [0.717, 1.165) is 22.4 Å². The van der Waals surface area contributed by atoms with E-state index >= 15 is 0 Å². The monoisotopic (exact) mass is 451 g/mol. The Morgan fingerprint density at radius 2 is 1.87 bits per heavy atom. The summed E-state index contributed by atoms with van der Waals surface area (Å²) in [6.45, 7) is 5.49. The van der Waals surface area contributed by atoms with Crippen molar-refractivity contribution in [1.82, 2.24) is 9.78 Å². The van der Waals surface area contributed by atoms with Gasteiger partial charge >= 0.3 is 12.1 Å². The van der Waals surface area contributed by atoms with Crippen molar-refractivity contribution >= 4 is 23.2 Å². The highest BCUT2D eigenvalue weighted by molar-refractivity contribution is 6.30. The molecule has 1 aromatic heterocycles. The third-order valence-electron chi connectivity index (χ3n) is 4.94. The van der Waals surface area contributed by atoms with E-state index in [1.54, 1.807) is 36.9 Å². The van der Waals surface area contributed by atoms with E-state index in [-0.39, 0.29) is 12.3 Å². The van der Waals surface area contributed by atoms with Gasteiger partial charge in [-0.25, -0.2) is 0 Å². The number of nitrogens with one attached hydrogen (secondary N) is 1. The fourth-order valence-corrected chi connectivity index (χ4v) is 3.32. The van der Waals surface area contributed by atoms with E-state index < -0.39 is 12.1 Å². The molecule has 0 aliphatic rings. The number of hydrogen-bond donors (Lipinski definition) is 1. The summed E-state index contributed by atoms with van der Waals surface area (Å²) in [6.07, 6.45) is -4.97. The predicted molar refractivity (Wildman–Crippen MR) is 113 cm³/mol. The van der Waals surface area contributed by atoms with E-state index in [2.05, 4.69) is 5.10 Å². The summed E-state index contributed by atoms with van der Waals surface area (Å²) in [7, 11) is 1.76. The molecule has 5 nitrogen and oxygen atoms in total. The van der Waals surface area contributed by atoms with Crippen LogP contribution in [0.4, 0.5) is 18.9 Å². The van der Waals surface area contributed by atoms with Crippen LogP contribution in [0, 0.1) is 20.8 Å². The number of hydrogen-bond acceptors (Lipinski definition) is 3. The molecule has 1 amide bonds. The SMILES string of the molecule is Cc1cc(-c2nn(C)c(Cl)c2C)ccc1OCc1c(C)cccc1NC(=O)C(F)(F)F. The van der Waals surface area contributed by atoms with E-state index in [9.17, 15) is 18.0 Å². The zero-order chi connectivity index (χ0) is 22.9. The Hall–Kier alpha value is -3.00. The Balaban J connectivity index is 1.82. The first-order valence-electron chi connectivity index (χ1n) is 9.38. The minimum atomic E-state index is -4.97. The van der Waals surface area contributed by atoms with Gasteiger partial charge < -0.3 is 10.1 Å². The van der Waals surface area contributed by atoms with Crippen molar-refractivity contribution in [3.05, 3.63) is 63.8 Å². The summed E-state index contributed by atoms with van der Waals surface area (Å²) < 4.78 is 45.4. The molecule has 0 spiro atoms. The highest BCUT2D eigenvalue weighted by Gasteiger charge is 2.39. The third kappa shape index (κ3) is 4.85. The Kier molecular flexibility index (Phi) is 6.31. The second-order valence-corrected chi connectivity index (χ2v) is 7.57. The lowest BCUT2D eigenvalue weighted by atomic mass is 10.1. The molecular formula is C22H21ClF3N3O2. The van der Waals surface area contributed by atoms with Gasteiger partial charge in [-0.15, -0.1) is 0 Å². The van der Waals surface area contributed by atoms with Crippen molar-refractivity contribution in [2.24, 2.45) is 7.05 Å². The second-order valence-electron chi connectivity index (χ2n) is 7.21. The molecule has 3 aromatic rings. The minimum Gasteiger partial charge on any atom is -0.489 e. The number of alkyl halides is 3. The maximum Gasteiger partial charge on any atom is 0.471 e. The molecule has 0 radical (unpaired) electrons. The van der Waals surface area contributed by atoms with E-state index in [0.29, 0.717) is 22.0 Å². The van der Waals surface area contributed by atoms with Gasteiger partial charge in [0.25, 0.3) is 0 Å². The van der Waals surface area contributed by atoms with Crippen LogP contribution in [0.15, 0.2) is 36.4 Å². The van der Waals surface area contributed by atoms with Gasteiger partial charge in [0.05, 0.1) is 5.69 Å². The number of carbonyl (C=O) groups excluding carboxylic acids is 1. The van der Waals surface area contributed by atoms with Crippen LogP contribution in [0.5, 0.6) is 5.75 Å². The first kappa shape index (κ1) is 22.7. The molecule has 0 saturated carbocycles. The van der Waals surface area contributed by atoms with Gasteiger partial charge in [0.2, 0.25) is 0 Å². The number of rotatable bonds is 5. The van der Waals surface area contributed by atoms with Gasteiger partial charge in [-0.2, -0.15) is 18.3 Å². The van der Waals surface area contributed by atoms with Crippen molar-refractivity contribution in [1.29, 1.82) is 0 Å². The molecule has 0 fully saturated rings. The Bertz CT molecular complexity index is 1140. The topological polar surface area (TPSA) is 56.1 Å². The van der Waals surface area contributed by atoms with Crippen LogP contribution in [0.25, 0.3) is 11.3 Å². The Morgan fingerprint density at radius 1 is 1.16 bits per heavy atom. The van der Waals surface area contributed by atoms with Gasteiger partial charge in [0.15, 0.2) is 0 Å².